The first-order valence-electron chi connectivity index (χ1n) is 2.76. The number of hydrogen-bond acceptors (Lipinski definition) is 2. The molecule has 0 bridgehead atoms. The van der Waals surface area contributed by atoms with Crippen molar-refractivity contribution in [1.29, 1.82) is 0 Å². The molecule has 0 spiro atoms. The summed E-state index contributed by atoms with van der Waals surface area (Å²) in [6, 6.07) is 0. The molecule has 0 fully saturated rings. The van der Waals surface area contributed by atoms with Gasteiger partial charge in [0.25, 0.3) is 0 Å². The smallest absolute Gasteiger partial charge is 0.260 e. The van der Waals surface area contributed by atoms with Gasteiger partial charge in [0.05, 0.1) is 4.47 Å². The third-order valence-electron chi connectivity index (χ3n) is 0.992. The normalized spacial score (nSPS) is 12.1. The minimum Gasteiger partial charge on any atom is -0.260 e. The molecule has 0 aromatic carbocycles. The lowest BCUT2D eigenvalue weighted by Gasteiger charge is -2.05. The van der Waals surface area contributed by atoms with Crippen LogP contribution in [0.2, 0.25) is 0 Å². The first kappa shape index (κ1) is 9.91. The van der Waals surface area contributed by atoms with Crippen LogP contribution in [-0.4, -0.2) is 15.3 Å². The molecule has 1 aromatic heterocycles. The molecule has 0 N–H and O–H groups in total. The van der Waals surface area contributed by atoms with Crippen LogP contribution in [-0.2, 0) is 7.05 Å². The maximum atomic E-state index is 11.9. The Morgan fingerprint density at radius 2 is 2.17 bits per heavy atom. The van der Waals surface area contributed by atoms with Gasteiger partial charge < -0.3 is 0 Å². The molecule has 0 saturated carbocycles. The maximum absolute atomic E-state index is 11.9. The molecule has 0 saturated heterocycles. The summed E-state index contributed by atoms with van der Waals surface area (Å²) in [5.41, 5.74) is -4.29. The SMILES string of the molecule is Cn1n[c]c(Br)c1SC(F)(F)F. The topological polar surface area (TPSA) is 17.8 Å². The first-order chi connectivity index (χ1) is 5.40. The van der Waals surface area contributed by atoms with E-state index in [0.717, 1.165) is 4.68 Å². The van der Waals surface area contributed by atoms with Crippen LogP contribution in [0.4, 0.5) is 13.2 Å². The van der Waals surface area contributed by atoms with Gasteiger partial charge >= 0.3 is 5.51 Å². The van der Waals surface area contributed by atoms with Crippen LogP contribution in [0, 0.1) is 6.20 Å². The second-order valence-electron chi connectivity index (χ2n) is 1.90. The monoisotopic (exact) mass is 259 g/mol. The third-order valence-corrected chi connectivity index (χ3v) is 2.70. The summed E-state index contributed by atoms with van der Waals surface area (Å²) in [6.07, 6.45) is 2.37. The minimum absolute atomic E-state index is 0.00231. The quantitative estimate of drug-likeness (QED) is 0.722. The zero-order chi connectivity index (χ0) is 9.35. The van der Waals surface area contributed by atoms with Gasteiger partial charge in [0.1, 0.15) is 11.2 Å². The Bertz CT molecular complexity index is 263. The van der Waals surface area contributed by atoms with E-state index in [1.165, 1.54) is 7.05 Å². The molecule has 0 aliphatic heterocycles. The Balaban J connectivity index is 2.88. The molecule has 0 unspecified atom stereocenters. The standard InChI is InChI=1S/C5H3BrF3N2S/c1-11-4(3(6)2-10-11)12-5(7,8)9/h1H3. The van der Waals surface area contributed by atoms with Gasteiger partial charge in [-0.15, -0.1) is 0 Å². The van der Waals surface area contributed by atoms with Crippen molar-refractivity contribution >= 4 is 27.7 Å². The summed E-state index contributed by atoms with van der Waals surface area (Å²) in [5.74, 6) is 0. The number of thioether (sulfide) groups is 1. The molecule has 67 valence electrons. The molecule has 1 rings (SSSR count). The first-order valence-corrected chi connectivity index (χ1v) is 4.37. The molecule has 7 heteroatoms. The molecular formula is C5H3BrF3N2S. The average molecular weight is 260 g/mol. The Labute approximate surface area is 79.3 Å². The lowest BCUT2D eigenvalue weighted by Crippen LogP contribution is -2.03. The van der Waals surface area contributed by atoms with Crippen molar-refractivity contribution in [2.75, 3.05) is 0 Å². The highest BCUT2D eigenvalue weighted by molar-refractivity contribution is 9.10. The molecule has 12 heavy (non-hydrogen) atoms. The number of aryl methyl sites for hydroxylation is 1. The number of rotatable bonds is 1. The second kappa shape index (κ2) is 3.29. The van der Waals surface area contributed by atoms with E-state index in [9.17, 15) is 13.2 Å². The highest BCUT2D eigenvalue weighted by atomic mass is 79.9. The Kier molecular flexibility index (Phi) is 2.72. The number of halogens is 4. The van der Waals surface area contributed by atoms with E-state index in [1.54, 1.807) is 0 Å². The number of alkyl halides is 3. The lowest BCUT2D eigenvalue weighted by atomic mass is 10.7. The number of hydrogen-bond donors (Lipinski definition) is 0. The number of aromatic nitrogens is 2. The van der Waals surface area contributed by atoms with E-state index < -0.39 is 5.51 Å². The summed E-state index contributed by atoms with van der Waals surface area (Å²) < 4.78 is 36.9. The fourth-order valence-corrected chi connectivity index (χ4v) is 1.68. The number of nitrogens with zero attached hydrogens (tertiary/aromatic N) is 2. The highest BCUT2D eigenvalue weighted by Crippen LogP contribution is 2.39. The molecule has 1 aromatic rings. The second-order valence-corrected chi connectivity index (χ2v) is 3.75. The van der Waals surface area contributed by atoms with Crippen LogP contribution in [0.25, 0.3) is 0 Å². The van der Waals surface area contributed by atoms with Gasteiger partial charge in [-0.25, -0.2) is 0 Å². The van der Waals surface area contributed by atoms with Gasteiger partial charge in [0.15, 0.2) is 0 Å². The van der Waals surface area contributed by atoms with Crippen molar-refractivity contribution in [1.82, 2.24) is 9.78 Å². The van der Waals surface area contributed by atoms with Crippen molar-refractivity contribution < 1.29 is 13.2 Å². The average Bonchev–Trinajstić information content (AvgIpc) is 2.16. The van der Waals surface area contributed by atoms with Gasteiger partial charge in [-0.2, -0.15) is 18.3 Å². The van der Waals surface area contributed by atoms with Crippen molar-refractivity contribution in [3.63, 3.8) is 0 Å². The summed E-state index contributed by atoms with van der Waals surface area (Å²) in [7, 11) is 1.43. The molecule has 0 aliphatic rings. The van der Waals surface area contributed by atoms with Crippen molar-refractivity contribution in [2.45, 2.75) is 10.5 Å². The summed E-state index contributed by atoms with van der Waals surface area (Å²) in [4.78, 5) is 0. The third kappa shape index (κ3) is 2.41. The lowest BCUT2D eigenvalue weighted by molar-refractivity contribution is -0.0331. The van der Waals surface area contributed by atoms with Crippen LogP contribution in [0.15, 0.2) is 9.50 Å². The van der Waals surface area contributed by atoms with E-state index in [1.807, 2.05) is 0 Å². The van der Waals surface area contributed by atoms with Crippen LogP contribution >= 0.6 is 27.7 Å². The highest BCUT2D eigenvalue weighted by Gasteiger charge is 2.32. The zero-order valence-corrected chi connectivity index (χ0v) is 8.22. The van der Waals surface area contributed by atoms with Crippen LogP contribution in [0.1, 0.15) is 0 Å². The Hall–Kier alpha value is -0.170. The Morgan fingerprint density at radius 1 is 1.58 bits per heavy atom. The van der Waals surface area contributed by atoms with Gasteiger partial charge in [0.2, 0.25) is 0 Å². The molecule has 2 nitrogen and oxygen atoms in total. The van der Waals surface area contributed by atoms with Crippen LogP contribution in [0.3, 0.4) is 0 Å². The van der Waals surface area contributed by atoms with Crippen molar-refractivity contribution in [2.24, 2.45) is 7.05 Å². The van der Waals surface area contributed by atoms with Gasteiger partial charge in [0, 0.05) is 18.8 Å². The van der Waals surface area contributed by atoms with Gasteiger partial charge in [-0.05, 0) is 15.9 Å². The maximum Gasteiger partial charge on any atom is 0.447 e. The molecule has 0 atom stereocenters. The summed E-state index contributed by atoms with van der Waals surface area (Å²) in [5, 5.41) is 3.53. The van der Waals surface area contributed by atoms with Crippen LogP contribution < -0.4 is 0 Å². The predicted octanol–water partition coefficient (Wildman–Crippen LogP) is 2.59. The van der Waals surface area contributed by atoms with E-state index in [2.05, 4.69) is 27.2 Å². The summed E-state index contributed by atoms with van der Waals surface area (Å²) in [6.45, 7) is 0. The van der Waals surface area contributed by atoms with Crippen molar-refractivity contribution in [3.8, 4) is 0 Å². The van der Waals surface area contributed by atoms with E-state index >= 15 is 0 Å². The predicted molar refractivity (Wildman–Crippen MR) is 41.7 cm³/mol. The fraction of sp³-hybridized carbons (Fsp3) is 0.400. The van der Waals surface area contributed by atoms with E-state index in [4.69, 9.17) is 0 Å². The Morgan fingerprint density at radius 3 is 2.50 bits per heavy atom. The van der Waals surface area contributed by atoms with E-state index in [0.29, 0.717) is 0 Å². The van der Waals surface area contributed by atoms with Crippen LogP contribution in [0.5, 0.6) is 0 Å². The minimum atomic E-state index is -4.29. The fourth-order valence-electron chi connectivity index (χ4n) is 0.575. The summed E-state index contributed by atoms with van der Waals surface area (Å²) >= 11 is 2.69. The molecule has 1 radical (unpaired) electrons. The molecule has 1 heterocycles. The van der Waals surface area contributed by atoms with Crippen molar-refractivity contribution in [3.05, 3.63) is 10.7 Å². The molecule has 0 aliphatic carbocycles. The molecular weight excluding hydrogens is 257 g/mol. The largest absolute Gasteiger partial charge is 0.447 e. The van der Waals surface area contributed by atoms with Gasteiger partial charge in [-0.1, -0.05) is 0 Å². The molecule has 0 amide bonds. The zero-order valence-electron chi connectivity index (χ0n) is 5.81. The van der Waals surface area contributed by atoms with E-state index in [-0.39, 0.29) is 21.3 Å². The van der Waals surface area contributed by atoms with Gasteiger partial charge in [-0.3, -0.25) is 4.68 Å².